The van der Waals surface area contributed by atoms with Crippen molar-refractivity contribution in [3.63, 3.8) is 0 Å². The number of hydrogen-bond donors (Lipinski definition) is 3. The van der Waals surface area contributed by atoms with Crippen molar-refractivity contribution in [3.8, 4) is 0 Å². The second-order valence-corrected chi connectivity index (χ2v) is 3.54. The van der Waals surface area contributed by atoms with Crippen LogP contribution in [0, 0.1) is 5.92 Å². The SMILES string of the molecule is CC(CN)NCC1CC(O)C1. The van der Waals surface area contributed by atoms with Crippen molar-refractivity contribution in [2.24, 2.45) is 11.7 Å². The summed E-state index contributed by atoms with van der Waals surface area (Å²) in [6.07, 6.45) is 1.89. The van der Waals surface area contributed by atoms with Gasteiger partial charge in [0.2, 0.25) is 0 Å². The van der Waals surface area contributed by atoms with Gasteiger partial charge in [-0.3, -0.25) is 0 Å². The predicted octanol–water partition coefficient (Wildman–Crippen LogP) is -0.306. The van der Waals surface area contributed by atoms with Crippen molar-refractivity contribution in [1.82, 2.24) is 5.32 Å². The molecule has 0 heterocycles. The first kappa shape index (κ1) is 8.97. The van der Waals surface area contributed by atoms with Crippen LogP contribution < -0.4 is 11.1 Å². The van der Waals surface area contributed by atoms with Crippen LogP contribution in [0.25, 0.3) is 0 Å². The Labute approximate surface area is 68.0 Å². The second-order valence-electron chi connectivity index (χ2n) is 3.54. The van der Waals surface area contributed by atoms with Crippen molar-refractivity contribution in [1.29, 1.82) is 0 Å². The van der Waals surface area contributed by atoms with Crippen LogP contribution in [0.5, 0.6) is 0 Å². The Bertz CT molecular complexity index is 113. The molecule has 0 spiro atoms. The molecule has 0 bridgehead atoms. The topological polar surface area (TPSA) is 58.3 Å². The molecule has 66 valence electrons. The van der Waals surface area contributed by atoms with Crippen LogP contribution in [0.15, 0.2) is 0 Å². The minimum Gasteiger partial charge on any atom is -0.393 e. The molecule has 0 amide bonds. The van der Waals surface area contributed by atoms with E-state index in [4.69, 9.17) is 10.8 Å². The van der Waals surface area contributed by atoms with E-state index in [1.54, 1.807) is 0 Å². The summed E-state index contributed by atoms with van der Waals surface area (Å²) in [4.78, 5) is 0. The molecule has 1 rings (SSSR count). The highest BCUT2D eigenvalue weighted by Crippen LogP contribution is 2.26. The van der Waals surface area contributed by atoms with Gasteiger partial charge in [-0.2, -0.15) is 0 Å². The Balaban J connectivity index is 1.96. The Morgan fingerprint density at radius 2 is 2.27 bits per heavy atom. The lowest BCUT2D eigenvalue weighted by Crippen LogP contribution is -2.41. The zero-order valence-electron chi connectivity index (χ0n) is 7.09. The molecule has 4 N–H and O–H groups in total. The third-order valence-electron chi connectivity index (χ3n) is 2.32. The van der Waals surface area contributed by atoms with Crippen LogP contribution in [-0.2, 0) is 0 Å². The first-order valence-corrected chi connectivity index (χ1v) is 4.34. The molecule has 1 fully saturated rings. The van der Waals surface area contributed by atoms with Crippen LogP contribution in [0.3, 0.4) is 0 Å². The minimum absolute atomic E-state index is 0.0324. The van der Waals surface area contributed by atoms with Crippen LogP contribution in [0.1, 0.15) is 19.8 Å². The number of hydrogen-bond acceptors (Lipinski definition) is 3. The Morgan fingerprint density at radius 1 is 1.64 bits per heavy atom. The third kappa shape index (κ3) is 2.77. The van der Waals surface area contributed by atoms with E-state index < -0.39 is 0 Å². The van der Waals surface area contributed by atoms with E-state index in [1.807, 2.05) is 0 Å². The molecule has 0 aromatic rings. The van der Waals surface area contributed by atoms with Crippen LogP contribution in [0.4, 0.5) is 0 Å². The normalized spacial score (nSPS) is 33.0. The molecule has 1 unspecified atom stereocenters. The molecule has 0 aliphatic heterocycles. The average Bonchev–Trinajstić information content (AvgIpc) is 1.95. The molecule has 0 saturated heterocycles. The van der Waals surface area contributed by atoms with E-state index in [0.29, 0.717) is 18.5 Å². The Kier molecular flexibility index (Phi) is 3.30. The van der Waals surface area contributed by atoms with Crippen molar-refractivity contribution < 1.29 is 5.11 Å². The summed E-state index contributed by atoms with van der Waals surface area (Å²) >= 11 is 0. The number of nitrogens with one attached hydrogen (secondary N) is 1. The van der Waals surface area contributed by atoms with Crippen molar-refractivity contribution >= 4 is 0 Å². The van der Waals surface area contributed by atoms with Crippen LogP contribution >= 0.6 is 0 Å². The molecule has 1 aliphatic rings. The smallest absolute Gasteiger partial charge is 0.0546 e. The fraction of sp³-hybridized carbons (Fsp3) is 1.00. The largest absolute Gasteiger partial charge is 0.393 e. The molecule has 3 nitrogen and oxygen atoms in total. The second kappa shape index (κ2) is 4.04. The van der Waals surface area contributed by atoms with E-state index in [-0.39, 0.29) is 6.10 Å². The van der Waals surface area contributed by atoms with Gasteiger partial charge in [0.25, 0.3) is 0 Å². The summed E-state index contributed by atoms with van der Waals surface area (Å²) < 4.78 is 0. The maximum atomic E-state index is 8.99. The lowest BCUT2D eigenvalue weighted by atomic mass is 9.82. The summed E-state index contributed by atoms with van der Waals surface area (Å²) in [6, 6.07) is 0.410. The molecule has 0 aromatic heterocycles. The predicted molar refractivity (Wildman–Crippen MR) is 45.2 cm³/mol. The first-order valence-electron chi connectivity index (χ1n) is 4.34. The number of nitrogens with two attached hydrogens (primary N) is 1. The summed E-state index contributed by atoms with van der Waals surface area (Å²) in [5.41, 5.74) is 5.43. The maximum absolute atomic E-state index is 8.99. The minimum atomic E-state index is -0.0324. The van der Waals surface area contributed by atoms with Gasteiger partial charge < -0.3 is 16.2 Å². The highest BCUT2D eigenvalue weighted by Gasteiger charge is 2.26. The highest BCUT2D eigenvalue weighted by atomic mass is 16.3. The molecule has 3 heteroatoms. The van der Waals surface area contributed by atoms with Gasteiger partial charge in [0, 0.05) is 12.6 Å². The van der Waals surface area contributed by atoms with Crippen LogP contribution in [-0.4, -0.2) is 30.3 Å². The Hall–Kier alpha value is -0.120. The summed E-state index contributed by atoms with van der Waals surface area (Å²) in [6.45, 7) is 3.78. The van der Waals surface area contributed by atoms with Gasteiger partial charge in [0.05, 0.1) is 6.10 Å². The molecule has 0 radical (unpaired) electrons. The number of aliphatic hydroxyl groups excluding tert-OH is 1. The molecular weight excluding hydrogens is 140 g/mol. The Morgan fingerprint density at radius 3 is 2.73 bits per heavy atom. The fourth-order valence-corrected chi connectivity index (χ4v) is 1.32. The maximum Gasteiger partial charge on any atom is 0.0546 e. The monoisotopic (exact) mass is 158 g/mol. The molecule has 11 heavy (non-hydrogen) atoms. The highest BCUT2D eigenvalue weighted by molar-refractivity contribution is 4.80. The van der Waals surface area contributed by atoms with Gasteiger partial charge in [-0.05, 0) is 32.2 Å². The summed E-state index contributed by atoms with van der Waals surface area (Å²) in [5.74, 6) is 0.680. The third-order valence-corrected chi connectivity index (χ3v) is 2.32. The number of rotatable bonds is 4. The zero-order chi connectivity index (χ0) is 8.27. The van der Waals surface area contributed by atoms with Crippen molar-refractivity contribution in [3.05, 3.63) is 0 Å². The summed E-state index contributed by atoms with van der Waals surface area (Å²) in [5, 5.41) is 12.3. The van der Waals surface area contributed by atoms with E-state index in [1.165, 1.54) is 0 Å². The molecule has 1 atom stereocenters. The summed E-state index contributed by atoms with van der Waals surface area (Å²) in [7, 11) is 0. The molecule has 1 saturated carbocycles. The van der Waals surface area contributed by atoms with E-state index in [2.05, 4.69) is 12.2 Å². The van der Waals surface area contributed by atoms with Gasteiger partial charge in [-0.15, -0.1) is 0 Å². The van der Waals surface area contributed by atoms with Gasteiger partial charge in [-0.25, -0.2) is 0 Å². The standard InChI is InChI=1S/C8H18N2O/c1-6(4-9)10-5-7-2-8(11)3-7/h6-8,10-11H,2-5,9H2,1H3. The number of aliphatic hydroxyl groups is 1. The van der Waals surface area contributed by atoms with Gasteiger partial charge >= 0.3 is 0 Å². The van der Waals surface area contributed by atoms with Crippen molar-refractivity contribution in [2.45, 2.75) is 31.9 Å². The first-order chi connectivity index (χ1) is 5.22. The molecule has 1 aliphatic carbocycles. The molecule has 0 aromatic carbocycles. The molecular formula is C8H18N2O. The van der Waals surface area contributed by atoms with E-state index in [9.17, 15) is 0 Å². The average molecular weight is 158 g/mol. The lowest BCUT2D eigenvalue weighted by molar-refractivity contribution is 0.0422. The quantitative estimate of drug-likeness (QED) is 0.526. The van der Waals surface area contributed by atoms with Gasteiger partial charge in [0.1, 0.15) is 0 Å². The van der Waals surface area contributed by atoms with Gasteiger partial charge in [0.15, 0.2) is 0 Å². The zero-order valence-corrected chi connectivity index (χ0v) is 7.09. The van der Waals surface area contributed by atoms with Crippen molar-refractivity contribution in [2.75, 3.05) is 13.1 Å². The van der Waals surface area contributed by atoms with E-state index in [0.717, 1.165) is 19.4 Å². The lowest BCUT2D eigenvalue weighted by Gasteiger charge is -2.32. The fourth-order valence-electron chi connectivity index (χ4n) is 1.32. The van der Waals surface area contributed by atoms with Gasteiger partial charge in [-0.1, -0.05) is 0 Å². The van der Waals surface area contributed by atoms with E-state index >= 15 is 0 Å². The van der Waals surface area contributed by atoms with Crippen LogP contribution in [0.2, 0.25) is 0 Å².